The first-order valence-corrected chi connectivity index (χ1v) is 10.7. The molecule has 3 aromatic carbocycles. The van der Waals surface area contributed by atoms with Crippen molar-refractivity contribution in [3.63, 3.8) is 0 Å². The van der Waals surface area contributed by atoms with Gasteiger partial charge in [-0.15, -0.1) is 0 Å². The highest BCUT2D eigenvalue weighted by Gasteiger charge is 2.11. The van der Waals surface area contributed by atoms with Crippen LogP contribution in [0.4, 0.5) is 0 Å². The predicted molar refractivity (Wildman–Crippen MR) is 120 cm³/mol. The summed E-state index contributed by atoms with van der Waals surface area (Å²) in [6.07, 6.45) is 4.62. The van der Waals surface area contributed by atoms with Crippen LogP contribution in [0.2, 0.25) is 0 Å². The fourth-order valence-corrected chi connectivity index (χ4v) is 4.08. The summed E-state index contributed by atoms with van der Waals surface area (Å²) in [4.78, 5) is 2.47. The van der Waals surface area contributed by atoms with E-state index in [2.05, 4.69) is 4.90 Å². The summed E-state index contributed by atoms with van der Waals surface area (Å²) in [5.41, 5.74) is 4.14. The molecule has 30 heavy (non-hydrogen) atoms. The second-order valence-electron chi connectivity index (χ2n) is 7.96. The number of piperidine rings is 1. The summed E-state index contributed by atoms with van der Waals surface area (Å²) in [6, 6.07) is 20.8. The van der Waals surface area contributed by atoms with Crippen LogP contribution in [0.3, 0.4) is 0 Å². The van der Waals surface area contributed by atoms with Crippen molar-refractivity contribution in [2.24, 2.45) is 0 Å². The number of likely N-dealkylation sites (tertiary alicyclic amines) is 1. The molecule has 0 unspecified atom stereocenters. The number of hydrogen-bond donors (Lipinski definition) is 2. The third kappa shape index (κ3) is 5.33. The van der Waals surface area contributed by atoms with E-state index in [1.165, 1.54) is 32.4 Å². The maximum atomic E-state index is 10.0. The Bertz CT molecular complexity index is 962. The van der Waals surface area contributed by atoms with Gasteiger partial charge in [0, 0.05) is 6.54 Å². The number of benzene rings is 3. The third-order valence-corrected chi connectivity index (χ3v) is 5.69. The molecule has 0 amide bonds. The van der Waals surface area contributed by atoms with Crippen LogP contribution in [-0.4, -0.2) is 41.4 Å². The van der Waals surface area contributed by atoms with Crippen LogP contribution in [0.25, 0.3) is 11.1 Å². The molecular weight excluding hydrogens is 374 g/mol. The minimum Gasteiger partial charge on any atom is -0.508 e. The van der Waals surface area contributed by atoms with Crippen molar-refractivity contribution in [2.75, 3.05) is 26.2 Å². The lowest BCUT2D eigenvalue weighted by molar-refractivity contribution is 0.183. The molecule has 3 aromatic rings. The van der Waals surface area contributed by atoms with Crippen molar-refractivity contribution in [1.29, 1.82) is 0 Å². The molecule has 0 saturated carbocycles. The highest BCUT2D eigenvalue weighted by atomic mass is 16.5. The van der Waals surface area contributed by atoms with Gasteiger partial charge in [0.05, 0.1) is 0 Å². The molecule has 156 valence electrons. The summed E-state index contributed by atoms with van der Waals surface area (Å²) < 4.78 is 5.94. The van der Waals surface area contributed by atoms with Crippen molar-refractivity contribution < 1.29 is 14.9 Å². The van der Waals surface area contributed by atoms with E-state index >= 15 is 0 Å². The molecule has 1 aliphatic rings. The minimum absolute atomic E-state index is 0.242. The Balaban J connectivity index is 1.44. The molecule has 0 atom stereocenters. The Hall–Kier alpha value is -2.98. The fourth-order valence-electron chi connectivity index (χ4n) is 4.08. The lowest BCUT2D eigenvalue weighted by Crippen LogP contribution is -2.33. The Kier molecular flexibility index (Phi) is 6.55. The SMILES string of the molecule is Oc1cccc(Cc2ccc(O)cc2-c2ccc(OCCN3CCCCC3)cc2)c1. The summed E-state index contributed by atoms with van der Waals surface area (Å²) in [5, 5.41) is 19.8. The standard InChI is InChI=1S/C26H29NO3/c28-23-6-4-5-20(18-23)17-22-7-10-24(29)19-26(22)21-8-11-25(12-9-21)30-16-15-27-13-2-1-3-14-27/h4-12,18-19,28-29H,1-3,13-17H2. The normalized spacial score (nSPS) is 14.5. The monoisotopic (exact) mass is 403 g/mol. The number of nitrogens with zero attached hydrogens (tertiary/aromatic N) is 1. The lowest BCUT2D eigenvalue weighted by Gasteiger charge is -2.26. The van der Waals surface area contributed by atoms with Gasteiger partial charge in [-0.1, -0.05) is 36.8 Å². The zero-order valence-corrected chi connectivity index (χ0v) is 17.3. The molecule has 0 radical (unpaired) electrons. The summed E-state index contributed by atoms with van der Waals surface area (Å²) in [7, 11) is 0. The van der Waals surface area contributed by atoms with E-state index in [4.69, 9.17) is 4.74 Å². The number of phenolic OH excluding ortho intramolecular Hbond substituents is 2. The molecule has 1 saturated heterocycles. The van der Waals surface area contributed by atoms with Crippen molar-refractivity contribution in [2.45, 2.75) is 25.7 Å². The topological polar surface area (TPSA) is 52.9 Å². The lowest BCUT2D eigenvalue weighted by atomic mass is 9.94. The summed E-state index contributed by atoms with van der Waals surface area (Å²) >= 11 is 0. The minimum atomic E-state index is 0.242. The van der Waals surface area contributed by atoms with Crippen LogP contribution in [0.15, 0.2) is 66.7 Å². The molecule has 1 heterocycles. The predicted octanol–water partition coefficient (Wildman–Crippen LogP) is 5.22. The van der Waals surface area contributed by atoms with Gasteiger partial charge in [-0.2, -0.15) is 0 Å². The van der Waals surface area contributed by atoms with Gasteiger partial charge in [0.15, 0.2) is 0 Å². The largest absolute Gasteiger partial charge is 0.508 e. The number of rotatable bonds is 7. The van der Waals surface area contributed by atoms with E-state index in [0.29, 0.717) is 13.0 Å². The van der Waals surface area contributed by atoms with Gasteiger partial charge < -0.3 is 14.9 Å². The van der Waals surface area contributed by atoms with Gasteiger partial charge in [-0.25, -0.2) is 0 Å². The van der Waals surface area contributed by atoms with Crippen LogP contribution in [-0.2, 0) is 6.42 Å². The molecule has 4 rings (SSSR count). The number of hydrogen-bond acceptors (Lipinski definition) is 4. The van der Waals surface area contributed by atoms with E-state index in [-0.39, 0.29) is 11.5 Å². The second-order valence-corrected chi connectivity index (χ2v) is 7.96. The van der Waals surface area contributed by atoms with Gasteiger partial charge >= 0.3 is 0 Å². The van der Waals surface area contributed by atoms with Crippen LogP contribution in [0.1, 0.15) is 30.4 Å². The van der Waals surface area contributed by atoms with Crippen molar-refractivity contribution >= 4 is 0 Å². The van der Waals surface area contributed by atoms with Crippen molar-refractivity contribution in [3.8, 4) is 28.4 Å². The number of ether oxygens (including phenoxy) is 1. The smallest absolute Gasteiger partial charge is 0.119 e. The molecular formula is C26H29NO3. The van der Waals surface area contributed by atoms with Gasteiger partial charge in [0.1, 0.15) is 23.9 Å². The van der Waals surface area contributed by atoms with E-state index in [1.807, 2.05) is 42.5 Å². The van der Waals surface area contributed by atoms with Gasteiger partial charge in [-0.05, 0) is 91.0 Å². The van der Waals surface area contributed by atoms with Crippen LogP contribution in [0.5, 0.6) is 17.2 Å². The zero-order chi connectivity index (χ0) is 20.8. The first kappa shape index (κ1) is 20.3. The Morgan fingerprint density at radius 1 is 0.800 bits per heavy atom. The average molecular weight is 404 g/mol. The van der Waals surface area contributed by atoms with Crippen LogP contribution < -0.4 is 4.74 Å². The fraction of sp³-hybridized carbons (Fsp3) is 0.308. The molecule has 4 heteroatoms. The third-order valence-electron chi connectivity index (χ3n) is 5.69. The Morgan fingerprint density at radius 2 is 1.57 bits per heavy atom. The van der Waals surface area contributed by atoms with Gasteiger partial charge in [0.2, 0.25) is 0 Å². The molecule has 1 aliphatic heterocycles. The zero-order valence-electron chi connectivity index (χ0n) is 17.3. The molecule has 0 spiro atoms. The van der Waals surface area contributed by atoms with E-state index in [1.54, 1.807) is 24.3 Å². The van der Waals surface area contributed by atoms with Crippen LogP contribution in [0, 0.1) is 0 Å². The quantitative estimate of drug-likeness (QED) is 0.568. The Morgan fingerprint density at radius 3 is 2.33 bits per heavy atom. The van der Waals surface area contributed by atoms with E-state index in [9.17, 15) is 10.2 Å². The molecule has 0 aliphatic carbocycles. The average Bonchev–Trinajstić information content (AvgIpc) is 2.76. The van der Waals surface area contributed by atoms with Crippen molar-refractivity contribution in [3.05, 3.63) is 77.9 Å². The highest BCUT2D eigenvalue weighted by Crippen LogP contribution is 2.31. The second kappa shape index (κ2) is 9.68. The molecule has 1 fully saturated rings. The molecule has 0 aromatic heterocycles. The van der Waals surface area contributed by atoms with Gasteiger partial charge in [0.25, 0.3) is 0 Å². The summed E-state index contributed by atoms with van der Waals surface area (Å²) in [5.74, 6) is 1.37. The number of aromatic hydroxyl groups is 2. The summed E-state index contributed by atoms with van der Waals surface area (Å²) in [6.45, 7) is 4.04. The molecule has 4 nitrogen and oxygen atoms in total. The Labute approximate surface area is 178 Å². The molecule has 2 N–H and O–H groups in total. The van der Waals surface area contributed by atoms with Crippen molar-refractivity contribution in [1.82, 2.24) is 4.90 Å². The van der Waals surface area contributed by atoms with E-state index < -0.39 is 0 Å². The highest BCUT2D eigenvalue weighted by molar-refractivity contribution is 5.70. The van der Waals surface area contributed by atoms with Crippen LogP contribution >= 0.6 is 0 Å². The maximum absolute atomic E-state index is 10.0. The van der Waals surface area contributed by atoms with Gasteiger partial charge in [-0.3, -0.25) is 4.90 Å². The maximum Gasteiger partial charge on any atom is 0.119 e. The number of phenols is 2. The van der Waals surface area contributed by atoms with E-state index in [0.717, 1.165) is 34.5 Å². The first-order valence-electron chi connectivity index (χ1n) is 10.7. The first-order chi connectivity index (χ1) is 14.7. The molecule has 0 bridgehead atoms.